The van der Waals surface area contributed by atoms with E-state index in [1.165, 1.54) is 35.9 Å². The van der Waals surface area contributed by atoms with Crippen LogP contribution in [0.5, 0.6) is 0 Å². The molecule has 5 aromatic rings. The van der Waals surface area contributed by atoms with E-state index < -0.39 is 34.1 Å². The van der Waals surface area contributed by atoms with Crippen molar-refractivity contribution in [1.82, 2.24) is 19.9 Å². The minimum Gasteiger partial charge on any atom is -0.361 e. The van der Waals surface area contributed by atoms with Crippen molar-refractivity contribution in [1.29, 1.82) is 0 Å². The first-order valence-electron chi connectivity index (χ1n) is 12.4. The number of aromatic amines is 1. The van der Waals surface area contributed by atoms with Crippen LogP contribution in [0.1, 0.15) is 20.9 Å². The fraction of sp³-hybridized carbons (Fsp3) is 0.143. The molecule has 0 aliphatic rings. The van der Waals surface area contributed by atoms with Crippen molar-refractivity contribution in [3.8, 4) is 0 Å². The number of carbonyl (C=O) groups excluding carboxylic acids is 2. The van der Waals surface area contributed by atoms with E-state index >= 15 is 0 Å². The van der Waals surface area contributed by atoms with Gasteiger partial charge >= 0.3 is 0 Å². The van der Waals surface area contributed by atoms with Gasteiger partial charge in [-0.15, -0.1) is 11.3 Å². The summed E-state index contributed by atoms with van der Waals surface area (Å²) in [6.07, 6.45) is 4.88. The molecular weight excluding hydrogens is 586 g/mol. The lowest BCUT2D eigenvalue weighted by Gasteiger charge is -2.17. The molecule has 210 valence electrons. The Bertz CT molecular complexity index is 1870. The summed E-state index contributed by atoms with van der Waals surface area (Å²) in [6.45, 7) is -0.429. The second-order valence-corrected chi connectivity index (χ2v) is 12.3. The summed E-state index contributed by atoms with van der Waals surface area (Å²) in [7, 11) is -3.93. The predicted molar refractivity (Wildman–Crippen MR) is 159 cm³/mol. The van der Waals surface area contributed by atoms with Gasteiger partial charge in [-0.2, -0.15) is 0 Å². The monoisotopic (exact) mass is 609 g/mol. The molecule has 1 atom stereocenters. The van der Waals surface area contributed by atoms with Gasteiger partial charge in [-0.05, 0) is 41.5 Å². The lowest BCUT2D eigenvalue weighted by Crippen LogP contribution is -2.44. The Kier molecular flexibility index (Phi) is 8.34. The van der Waals surface area contributed by atoms with Crippen LogP contribution in [-0.4, -0.2) is 40.7 Å². The zero-order chi connectivity index (χ0) is 29.0. The van der Waals surface area contributed by atoms with Crippen LogP contribution in [0.15, 0.2) is 89.4 Å². The van der Waals surface area contributed by atoms with Crippen LogP contribution in [0.3, 0.4) is 0 Å². The van der Waals surface area contributed by atoms with Gasteiger partial charge in [0.25, 0.3) is 5.56 Å². The van der Waals surface area contributed by atoms with Crippen molar-refractivity contribution in [2.24, 2.45) is 0 Å². The van der Waals surface area contributed by atoms with Crippen molar-refractivity contribution in [2.75, 3.05) is 4.72 Å². The first kappa shape index (κ1) is 28.3. The van der Waals surface area contributed by atoms with Crippen molar-refractivity contribution in [3.63, 3.8) is 0 Å². The van der Waals surface area contributed by atoms with Gasteiger partial charge in [0.1, 0.15) is 12.2 Å². The fourth-order valence-electron chi connectivity index (χ4n) is 4.36. The molecule has 41 heavy (non-hydrogen) atoms. The molecule has 0 aliphatic heterocycles. The zero-order valence-corrected chi connectivity index (χ0v) is 23.8. The normalized spacial score (nSPS) is 12.2. The van der Waals surface area contributed by atoms with Crippen molar-refractivity contribution < 1.29 is 18.0 Å². The third-order valence-electron chi connectivity index (χ3n) is 6.26. The SMILES string of the molecule is O=C(Cn1cccc(NS(=O)(=O)Cc2ccc(Cl)cc2)c1=O)NC(Cc1c[nH]c2ccccc12)C(=O)c1nccs1. The molecule has 2 aromatic carbocycles. The molecule has 0 radical (unpaired) electrons. The number of fused-ring (bicyclic) bond motifs is 1. The number of nitrogens with one attached hydrogen (secondary N) is 3. The number of H-pyrrole nitrogens is 1. The van der Waals surface area contributed by atoms with Gasteiger partial charge in [0, 0.05) is 46.3 Å². The van der Waals surface area contributed by atoms with Crippen LogP contribution in [0, 0.1) is 0 Å². The number of para-hydroxylation sites is 1. The molecule has 3 aromatic heterocycles. The van der Waals surface area contributed by atoms with E-state index in [2.05, 4.69) is 20.0 Å². The van der Waals surface area contributed by atoms with Gasteiger partial charge in [-0.25, -0.2) is 13.4 Å². The molecule has 0 saturated heterocycles. The number of pyridine rings is 1. The van der Waals surface area contributed by atoms with Gasteiger partial charge in [0.15, 0.2) is 5.01 Å². The van der Waals surface area contributed by atoms with Crippen LogP contribution in [0.25, 0.3) is 10.9 Å². The van der Waals surface area contributed by atoms with Gasteiger partial charge in [0.2, 0.25) is 21.7 Å². The minimum absolute atomic E-state index is 0.202. The standard InChI is InChI=1S/C28H24ClN5O5S2/c29-20-9-7-18(8-10-20)17-41(38,39)33-23-6-3-12-34(28(23)37)16-25(35)32-24(26(36)27-30-11-13-40-27)14-19-15-31-22-5-2-1-4-21(19)22/h1-13,15,24,31,33H,14,16-17H2,(H,32,35). The summed E-state index contributed by atoms with van der Waals surface area (Å²) in [4.78, 5) is 46.7. The van der Waals surface area contributed by atoms with E-state index in [4.69, 9.17) is 11.6 Å². The lowest BCUT2D eigenvalue weighted by molar-refractivity contribution is -0.122. The summed E-state index contributed by atoms with van der Waals surface area (Å²) in [5.74, 6) is -1.31. The molecule has 5 rings (SSSR count). The number of ketones is 1. The second-order valence-electron chi connectivity index (χ2n) is 9.23. The number of Topliss-reactive ketones (excluding diaryl/α,β-unsaturated/α-hetero) is 1. The van der Waals surface area contributed by atoms with E-state index in [-0.39, 0.29) is 28.7 Å². The van der Waals surface area contributed by atoms with Crippen molar-refractivity contribution in [2.45, 2.75) is 24.8 Å². The zero-order valence-electron chi connectivity index (χ0n) is 21.4. The quantitative estimate of drug-likeness (QED) is 0.193. The van der Waals surface area contributed by atoms with Crippen molar-refractivity contribution in [3.05, 3.63) is 116 Å². The highest BCUT2D eigenvalue weighted by Crippen LogP contribution is 2.21. The summed E-state index contributed by atoms with van der Waals surface area (Å²) in [5.41, 5.74) is 1.31. The average Bonchev–Trinajstić information content (AvgIpc) is 3.62. The summed E-state index contributed by atoms with van der Waals surface area (Å²) in [5, 5.41) is 6.07. The number of anilines is 1. The molecule has 3 N–H and O–H groups in total. The summed E-state index contributed by atoms with van der Waals surface area (Å²) in [6, 6.07) is 15.8. The van der Waals surface area contributed by atoms with E-state index in [1.54, 1.807) is 35.8 Å². The highest BCUT2D eigenvalue weighted by molar-refractivity contribution is 7.91. The number of halogens is 1. The molecule has 0 spiro atoms. The van der Waals surface area contributed by atoms with Crippen LogP contribution in [0.2, 0.25) is 5.02 Å². The summed E-state index contributed by atoms with van der Waals surface area (Å²) < 4.78 is 28.8. The third-order valence-corrected chi connectivity index (χ3v) is 8.55. The second kappa shape index (κ2) is 12.1. The Morgan fingerprint density at radius 1 is 1.07 bits per heavy atom. The number of thiazole rings is 1. The van der Waals surface area contributed by atoms with E-state index in [9.17, 15) is 22.8 Å². The maximum Gasteiger partial charge on any atom is 0.275 e. The number of hydrogen-bond donors (Lipinski definition) is 3. The van der Waals surface area contributed by atoms with Gasteiger partial charge in [0.05, 0.1) is 11.8 Å². The fourth-order valence-corrected chi connectivity index (χ4v) is 6.31. The number of sulfonamides is 1. The molecule has 3 heterocycles. The lowest BCUT2D eigenvalue weighted by atomic mass is 10.0. The van der Waals surface area contributed by atoms with E-state index in [1.807, 2.05) is 24.3 Å². The van der Waals surface area contributed by atoms with E-state index in [0.29, 0.717) is 10.6 Å². The Morgan fingerprint density at radius 3 is 2.61 bits per heavy atom. The van der Waals surface area contributed by atoms with Gasteiger partial charge in [-0.1, -0.05) is 41.9 Å². The highest BCUT2D eigenvalue weighted by Gasteiger charge is 2.26. The molecule has 1 amide bonds. The number of benzene rings is 2. The molecule has 10 nitrogen and oxygen atoms in total. The highest BCUT2D eigenvalue weighted by atomic mass is 35.5. The third kappa shape index (κ3) is 6.91. The first-order chi connectivity index (χ1) is 19.7. The van der Waals surface area contributed by atoms with E-state index in [0.717, 1.165) is 21.0 Å². The number of rotatable bonds is 11. The summed E-state index contributed by atoms with van der Waals surface area (Å²) >= 11 is 7.03. The van der Waals surface area contributed by atoms with Crippen LogP contribution in [0.4, 0.5) is 5.69 Å². The number of nitrogens with zero attached hydrogens (tertiary/aromatic N) is 2. The maximum absolute atomic E-state index is 13.3. The van der Waals surface area contributed by atoms with Gasteiger partial charge in [-0.3, -0.25) is 19.1 Å². The Balaban J connectivity index is 1.32. The molecule has 0 saturated carbocycles. The van der Waals surface area contributed by atoms with Crippen molar-refractivity contribution >= 4 is 61.2 Å². The molecule has 0 aliphatic carbocycles. The van der Waals surface area contributed by atoms with Crippen LogP contribution < -0.4 is 15.6 Å². The van der Waals surface area contributed by atoms with Crippen LogP contribution >= 0.6 is 22.9 Å². The number of aromatic nitrogens is 3. The molecular formula is C28H24ClN5O5S2. The Hall–Kier alpha value is -4.26. The molecule has 1 unspecified atom stereocenters. The van der Waals surface area contributed by atoms with Crippen LogP contribution in [-0.2, 0) is 33.5 Å². The topological polar surface area (TPSA) is 143 Å². The first-order valence-corrected chi connectivity index (χ1v) is 15.3. The van der Waals surface area contributed by atoms with Gasteiger partial charge < -0.3 is 14.9 Å². The average molecular weight is 610 g/mol. The minimum atomic E-state index is -3.93. The smallest absolute Gasteiger partial charge is 0.275 e. The molecule has 0 fully saturated rings. The number of hydrogen-bond acceptors (Lipinski definition) is 7. The predicted octanol–water partition coefficient (Wildman–Crippen LogP) is 3.99. The molecule has 0 bridgehead atoms. The Labute approximate surface area is 244 Å². The number of amides is 1. The Morgan fingerprint density at radius 2 is 1.85 bits per heavy atom. The largest absolute Gasteiger partial charge is 0.361 e. The molecule has 13 heteroatoms. The number of carbonyl (C=O) groups is 2. The maximum atomic E-state index is 13.3.